The van der Waals surface area contributed by atoms with E-state index in [-0.39, 0.29) is 12.3 Å². The largest absolute Gasteiger partial charge is 0.389 e. The topological polar surface area (TPSA) is 53.4 Å². The summed E-state index contributed by atoms with van der Waals surface area (Å²) in [6.45, 7) is 6.26. The first-order chi connectivity index (χ1) is 9.89. The van der Waals surface area contributed by atoms with E-state index in [1.54, 1.807) is 41.4 Å². The molecule has 0 atom stereocenters. The molecule has 0 saturated heterocycles. The summed E-state index contributed by atoms with van der Waals surface area (Å²) in [7, 11) is 0. The highest BCUT2D eigenvalue weighted by Crippen LogP contribution is 2.28. The number of likely N-dealkylation sites (N-methyl/N-ethyl adjacent to an activating group) is 1. The minimum Gasteiger partial charge on any atom is -0.389 e. The standard InChI is InChI=1S/C15H20N2O2S2/c1-4-17(10-15(2,3)19)13(18)8-11-9-21-14(16-11)12-6-5-7-20-12/h5-7,9,19H,4,8,10H2,1-3H3. The summed E-state index contributed by atoms with van der Waals surface area (Å²) >= 11 is 3.21. The first-order valence-electron chi connectivity index (χ1n) is 6.87. The van der Waals surface area contributed by atoms with Crippen molar-refractivity contribution in [3.05, 3.63) is 28.6 Å². The second-order valence-corrected chi connectivity index (χ2v) is 7.32. The molecule has 4 nitrogen and oxygen atoms in total. The van der Waals surface area contributed by atoms with Crippen molar-refractivity contribution in [1.29, 1.82) is 0 Å². The number of thiophene rings is 1. The number of hydrogen-bond acceptors (Lipinski definition) is 5. The van der Waals surface area contributed by atoms with Gasteiger partial charge in [-0.15, -0.1) is 22.7 Å². The maximum atomic E-state index is 12.3. The van der Waals surface area contributed by atoms with Crippen molar-refractivity contribution in [2.75, 3.05) is 13.1 Å². The Kier molecular flexibility index (Phi) is 5.13. The fraction of sp³-hybridized carbons (Fsp3) is 0.467. The monoisotopic (exact) mass is 324 g/mol. The van der Waals surface area contributed by atoms with E-state index in [1.165, 1.54) is 0 Å². The number of aliphatic hydroxyl groups is 1. The molecule has 2 rings (SSSR count). The van der Waals surface area contributed by atoms with Crippen LogP contribution >= 0.6 is 22.7 Å². The van der Waals surface area contributed by atoms with Gasteiger partial charge in [0.1, 0.15) is 5.01 Å². The molecule has 1 amide bonds. The van der Waals surface area contributed by atoms with Gasteiger partial charge in [0.05, 0.1) is 22.6 Å². The Balaban J connectivity index is 2.02. The molecule has 0 aromatic carbocycles. The zero-order chi connectivity index (χ0) is 15.5. The zero-order valence-electron chi connectivity index (χ0n) is 12.5. The molecule has 1 N–H and O–H groups in total. The molecule has 6 heteroatoms. The number of carbonyl (C=O) groups is 1. The van der Waals surface area contributed by atoms with Crippen LogP contribution in [0.25, 0.3) is 9.88 Å². The fourth-order valence-electron chi connectivity index (χ4n) is 2.01. The first kappa shape index (κ1) is 16.1. The summed E-state index contributed by atoms with van der Waals surface area (Å²) in [5, 5.41) is 14.8. The molecule has 2 aromatic heterocycles. The lowest BCUT2D eigenvalue weighted by Gasteiger charge is -2.28. The van der Waals surface area contributed by atoms with Crippen LogP contribution in [0.1, 0.15) is 26.5 Å². The molecule has 0 radical (unpaired) electrons. The molecule has 0 aliphatic carbocycles. The molecule has 0 spiro atoms. The molecule has 0 saturated carbocycles. The Morgan fingerprint density at radius 2 is 2.19 bits per heavy atom. The van der Waals surface area contributed by atoms with Crippen LogP contribution in [0.15, 0.2) is 22.9 Å². The fourth-order valence-corrected chi connectivity index (χ4v) is 3.65. The van der Waals surface area contributed by atoms with Crippen LogP contribution in [0.3, 0.4) is 0 Å². The number of nitrogens with zero attached hydrogens (tertiary/aromatic N) is 2. The van der Waals surface area contributed by atoms with Crippen LogP contribution < -0.4 is 0 Å². The molecular weight excluding hydrogens is 304 g/mol. The highest BCUT2D eigenvalue weighted by Gasteiger charge is 2.22. The van der Waals surface area contributed by atoms with E-state index in [0.29, 0.717) is 13.1 Å². The predicted molar refractivity (Wildman–Crippen MR) is 87.7 cm³/mol. The van der Waals surface area contributed by atoms with Gasteiger partial charge in [0.15, 0.2) is 0 Å². The summed E-state index contributed by atoms with van der Waals surface area (Å²) in [6, 6.07) is 4.02. The van der Waals surface area contributed by atoms with Gasteiger partial charge in [-0.05, 0) is 32.2 Å². The Morgan fingerprint density at radius 1 is 1.43 bits per heavy atom. The molecule has 0 fully saturated rings. The van der Waals surface area contributed by atoms with Crippen LogP contribution in [0.5, 0.6) is 0 Å². The summed E-state index contributed by atoms with van der Waals surface area (Å²) in [5.41, 5.74) is -0.0850. The molecular formula is C15H20N2O2S2. The van der Waals surface area contributed by atoms with Gasteiger partial charge in [0.2, 0.25) is 5.91 Å². The van der Waals surface area contributed by atoms with E-state index in [4.69, 9.17) is 0 Å². The summed E-state index contributed by atoms with van der Waals surface area (Å²) in [6.07, 6.45) is 0.284. The zero-order valence-corrected chi connectivity index (χ0v) is 14.1. The van der Waals surface area contributed by atoms with Gasteiger partial charge in [-0.25, -0.2) is 4.98 Å². The minimum absolute atomic E-state index is 0.00246. The third-order valence-corrected chi connectivity index (χ3v) is 4.86. The maximum absolute atomic E-state index is 12.3. The van der Waals surface area contributed by atoms with Crippen molar-refractivity contribution < 1.29 is 9.90 Å². The quantitative estimate of drug-likeness (QED) is 0.888. The van der Waals surface area contributed by atoms with Crippen LogP contribution in [0.2, 0.25) is 0 Å². The normalized spacial score (nSPS) is 11.6. The third kappa shape index (κ3) is 4.62. The maximum Gasteiger partial charge on any atom is 0.228 e. The van der Waals surface area contributed by atoms with Crippen LogP contribution in [0, 0.1) is 0 Å². The summed E-state index contributed by atoms with van der Waals surface area (Å²) < 4.78 is 0. The van der Waals surface area contributed by atoms with Crippen molar-refractivity contribution in [3.8, 4) is 9.88 Å². The number of thiazole rings is 1. The molecule has 0 unspecified atom stereocenters. The number of carbonyl (C=O) groups excluding carboxylic acids is 1. The highest BCUT2D eigenvalue weighted by molar-refractivity contribution is 7.20. The average Bonchev–Trinajstić information content (AvgIpc) is 3.04. The van der Waals surface area contributed by atoms with Gasteiger partial charge in [-0.2, -0.15) is 0 Å². The van der Waals surface area contributed by atoms with Gasteiger partial charge < -0.3 is 10.0 Å². The van der Waals surface area contributed by atoms with Crippen LogP contribution in [-0.4, -0.2) is 39.6 Å². The summed E-state index contributed by atoms with van der Waals surface area (Å²) in [5.74, 6) is 0.00246. The van der Waals surface area contributed by atoms with E-state index in [0.717, 1.165) is 15.6 Å². The lowest BCUT2D eigenvalue weighted by atomic mass is 10.1. The smallest absolute Gasteiger partial charge is 0.228 e. The highest BCUT2D eigenvalue weighted by atomic mass is 32.1. The Labute approximate surface area is 133 Å². The average molecular weight is 324 g/mol. The van der Waals surface area contributed by atoms with Gasteiger partial charge >= 0.3 is 0 Å². The minimum atomic E-state index is -0.879. The third-order valence-electron chi connectivity index (χ3n) is 2.93. The van der Waals surface area contributed by atoms with E-state index in [1.807, 2.05) is 29.8 Å². The molecule has 0 aliphatic heterocycles. The number of hydrogen-bond donors (Lipinski definition) is 1. The number of amides is 1. The Hall–Kier alpha value is -1.24. The second-order valence-electron chi connectivity index (χ2n) is 5.52. The molecule has 114 valence electrons. The van der Waals surface area contributed by atoms with E-state index >= 15 is 0 Å². The van der Waals surface area contributed by atoms with Gasteiger partial charge in [-0.3, -0.25) is 4.79 Å². The van der Waals surface area contributed by atoms with Crippen molar-refractivity contribution in [2.45, 2.75) is 32.8 Å². The summed E-state index contributed by atoms with van der Waals surface area (Å²) in [4.78, 5) is 19.6. The van der Waals surface area contributed by atoms with Crippen molar-refractivity contribution in [1.82, 2.24) is 9.88 Å². The van der Waals surface area contributed by atoms with Crippen LogP contribution in [-0.2, 0) is 11.2 Å². The lowest BCUT2D eigenvalue weighted by Crippen LogP contribution is -2.42. The SMILES string of the molecule is CCN(CC(C)(C)O)C(=O)Cc1csc(-c2cccs2)n1. The molecule has 2 heterocycles. The van der Waals surface area contributed by atoms with Gasteiger partial charge in [0, 0.05) is 18.5 Å². The number of rotatable bonds is 6. The van der Waals surface area contributed by atoms with Gasteiger partial charge in [0.25, 0.3) is 0 Å². The predicted octanol–water partition coefficient (Wildman–Crippen LogP) is 3.03. The molecule has 21 heavy (non-hydrogen) atoms. The Bertz CT molecular complexity index is 585. The van der Waals surface area contributed by atoms with E-state index in [9.17, 15) is 9.90 Å². The second kappa shape index (κ2) is 6.68. The Morgan fingerprint density at radius 3 is 2.76 bits per heavy atom. The molecule has 0 bridgehead atoms. The van der Waals surface area contributed by atoms with Crippen molar-refractivity contribution in [3.63, 3.8) is 0 Å². The van der Waals surface area contributed by atoms with Crippen molar-refractivity contribution in [2.24, 2.45) is 0 Å². The van der Waals surface area contributed by atoms with E-state index in [2.05, 4.69) is 4.98 Å². The molecule has 2 aromatic rings. The molecule has 0 aliphatic rings. The first-order valence-corrected chi connectivity index (χ1v) is 8.63. The van der Waals surface area contributed by atoms with E-state index < -0.39 is 5.60 Å². The lowest BCUT2D eigenvalue weighted by molar-refractivity contribution is -0.133. The van der Waals surface area contributed by atoms with Crippen LogP contribution in [0.4, 0.5) is 0 Å². The number of aromatic nitrogens is 1. The van der Waals surface area contributed by atoms with Gasteiger partial charge in [-0.1, -0.05) is 6.07 Å². The van der Waals surface area contributed by atoms with Crippen molar-refractivity contribution >= 4 is 28.6 Å².